The summed E-state index contributed by atoms with van der Waals surface area (Å²) in [7, 11) is 0. The second-order valence-electron chi connectivity index (χ2n) is 4.66. The number of halogens is 1. The molecule has 1 heterocycles. The lowest BCUT2D eigenvalue weighted by molar-refractivity contribution is 0.103. The second-order valence-corrected chi connectivity index (χ2v) is 5.51. The number of fused-ring (bicyclic) bond motifs is 2. The molecule has 0 saturated carbocycles. The van der Waals surface area contributed by atoms with Gasteiger partial charge < -0.3 is 4.52 Å². The Morgan fingerprint density at radius 1 is 1.21 bits per heavy atom. The molecule has 0 N–H and O–H groups in total. The third kappa shape index (κ3) is 1.27. The second kappa shape index (κ2) is 3.54. The molecule has 2 aromatic carbocycles. The van der Waals surface area contributed by atoms with E-state index in [-0.39, 0.29) is 5.78 Å². The lowest BCUT2D eigenvalue weighted by Gasteiger charge is -2.15. The van der Waals surface area contributed by atoms with Gasteiger partial charge in [-0.25, -0.2) is 0 Å². The summed E-state index contributed by atoms with van der Waals surface area (Å²) >= 11 is 3.48. The minimum atomic E-state index is 0.0168. The van der Waals surface area contributed by atoms with E-state index in [1.54, 1.807) is 0 Å². The van der Waals surface area contributed by atoms with Crippen molar-refractivity contribution in [1.82, 2.24) is 5.16 Å². The third-order valence-electron chi connectivity index (χ3n) is 3.54. The molecular formula is C15H8BrNO2. The molecule has 0 atom stereocenters. The van der Waals surface area contributed by atoms with E-state index in [1.165, 1.54) is 0 Å². The van der Waals surface area contributed by atoms with Gasteiger partial charge in [-0.1, -0.05) is 29.4 Å². The molecule has 1 aliphatic rings. The van der Waals surface area contributed by atoms with Gasteiger partial charge in [0.1, 0.15) is 5.52 Å². The van der Waals surface area contributed by atoms with E-state index in [9.17, 15) is 4.79 Å². The van der Waals surface area contributed by atoms with Crippen molar-refractivity contribution in [2.24, 2.45) is 0 Å². The van der Waals surface area contributed by atoms with Crippen LogP contribution >= 0.6 is 15.9 Å². The molecule has 1 aliphatic carbocycles. The lowest BCUT2D eigenvalue weighted by atomic mass is 9.87. The van der Waals surface area contributed by atoms with Crippen molar-refractivity contribution >= 4 is 32.6 Å². The van der Waals surface area contributed by atoms with Crippen LogP contribution < -0.4 is 0 Å². The molecule has 3 nitrogen and oxygen atoms in total. The van der Waals surface area contributed by atoms with Crippen LogP contribution in [0.2, 0.25) is 0 Å². The SMILES string of the molecule is Cc1cc(Br)c2c3c(onc13)-c1ccccc1C2=O. The number of benzene rings is 2. The Balaban J connectivity index is 2.28. The monoisotopic (exact) mass is 313 g/mol. The number of hydrogen-bond donors (Lipinski definition) is 0. The quantitative estimate of drug-likeness (QED) is 0.490. The summed E-state index contributed by atoms with van der Waals surface area (Å²) in [6, 6.07) is 9.39. The van der Waals surface area contributed by atoms with E-state index in [4.69, 9.17) is 4.52 Å². The number of aromatic nitrogens is 1. The number of carbonyl (C=O) groups is 1. The third-order valence-corrected chi connectivity index (χ3v) is 4.17. The Morgan fingerprint density at radius 2 is 1.95 bits per heavy atom. The van der Waals surface area contributed by atoms with Crippen molar-refractivity contribution in [1.29, 1.82) is 0 Å². The molecule has 0 bridgehead atoms. The van der Waals surface area contributed by atoms with Crippen LogP contribution in [-0.2, 0) is 0 Å². The van der Waals surface area contributed by atoms with Gasteiger partial charge in [0.05, 0.1) is 10.9 Å². The maximum atomic E-state index is 12.6. The molecule has 0 saturated heterocycles. The zero-order chi connectivity index (χ0) is 13.1. The fourth-order valence-electron chi connectivity index (χ4n) is 2.66. The Hall–Kier alpha value is -1.94. The van der Waals surface area contributed by atoms with E-state index in [2.05, 4.69) is 21.1 Å². The zero-order valence-electron chi connectivity index (χ0n) is 10.0. The Kier molecular flexibility index (Phi) is 2.04. The molecule has 4 heteroatoms. The molecule has 0 aliphatic heterocycles. The molecule has 0 fully saturated rings. The van der Waals surface area contributed by atoms with E-state index in [1.807, 2.05) is 37.3 Å². The summed E-state index contributed by atoms with van der Waals surface area (Å²) in [5.74, 6) is 0.702. The Labute approximate surface area is 117 Å². The van der Waals surface area contributed by atoms with Gasteiger partial charge >= 0.3 is 0 Å². The van der Waals surface area contributed by atoms with Crippen molar-refractivity contribution in [3.63, 3.8) is 0 Å². The number of aryl methyl sites for hydroxylation is 1. The standard InChI is InChI=1S/C15H8BrNO2/c1-7-6-10(16)11-12-13(7)17-19-15(12)9-5-3-2-4-8(9)14(11)18/h2-6H,1H3. The van der Waals surface area contributed by atoms with E-state index >= 15 is 0 Å². The van der Waals surface area contributed by atoms with Gasteiger partial charge in [0.15, 0.2) is 11.5 Å². The first-order valence-corrected chi connectivity index (χ1v) is 6.70. The largest absolute Gasteiger partial charge is 0.355 e. The van der Waals surface area contributed by atoms with Crippen LogP contribution in [0.5, 0.6) is 0 Å². The van der Waals surface area contributed by atoms with Crippen LogP contribution in [0.3, 0.4) is 0 Å². The average molecular weight is 314 g/mol. The van der Waals surface area contributed by atoms with Crippen LogP contribution in [0.4, 0.5) is 0 Å². The van der Waals surface area contributed by atoms with Gasteiger partial charge in [-0.3, -0.25) is 4.79 Å². The van der Waals surface area contributed by atoms with Gasteiger partial charge in [0, 0.05) is 15.6 Å². The number of hydrogen-bond acceptors (Lipinski definition) is 3. The normalized spacial score (nSPS) is 12.8. The predicted molar refractivity (Wildman–Crippen MR) is 75.3 cm³/mol. The van der Waals surface area contributed by atoms with Gasteiger partial charge in [0.25, 0.3) is 0 Å². The van der Waals surface area contributed by atoms with Crippen LogP contribution in [0, 0.1) is 6.92 Å². The summed E-state index contributed by atoms with van der Waals surface area (Å²) < 4.78 is 6.28. The lowest BCUT2D eigenvalue weighted by Crippen LogP contribution is -2.09. The average Bonchev–Trinajstić information content (AvgIpc) is 2.83. The Morgan fingerprint density at radius 3 is 2.74 bits per heavy atom. The van der Waals surface area contributed by atoms with E-state index in [0.717, 1.165) is 26.5 Å². The van der Waals surface area contributed by atoms with Crippen LogP contribution in [0.1, 0.15) is 21.5 Å². The molecule has 0 unspecified atom stereocenters. The molecule has 92 valence electrons. The van der Waals surface area contributed by atoms with E-state index < -0.39 is 0 Å². The fraction of sp³-hybridized carbons (Fsp3) is 0.0667. The topological polar surface area (TPSA) is 43.1 Å². The highest BCUT2D eigenvalue weighted by molar-refractivity contribution is 9.10. The van der Waals surface area contributed by atoms with Crippen molar-refractivity contribution in [3.05, 3.63) is 51.5 Å². The van der Waals surface area contributed by atoms with Crippen LogP contribution in [0.15, 0.2) is 39.3 Å². The number of nitrogens with zero attached hydrogens (tertiary/aromatic N) is 1. The zero-order valence-corrected chi connectivity index (χ0v) is 11.6. The highest BCUT2D eigenvalue weighted by Gasteiger charge is 2.31. The minimum Gasteiger partial charge on any atom is -0.355 e. The molecule has 3 aromatic rings. The summed E-state index contributed by atoms with van der Waals surface area (Å²) in [5.41, 5.74) is 3.89. The predicted octanol–water partition coefficient (Wildman–Crippen LogP) is 4.11. The molecule has 1 aromatic heterocycles. The molecular weight excluding hydrogens is 306 g/mol. The first-order chi connectivity index (χ1) is 9.18. The summed E-state index contributed by atoms with van der Waals surface area (Å²) in [6.07, 6.45) is 0. The first-order valence-electron chi connectivity index (χ1n) is 5.91. The molecule has 0 spiro atoms. The smallest absolute Gasteiger partial charge is 0.195 e. The van der Waals surface area contributed by atoms with Crippen molar-refractivity contribution in [2.75, 3.05) is 0 Å². The van der Waals surface area contributed by atoms with Crippen molar-refractivity contribution < 1.29 is 9.32 Å². The molecule has 0 amide bonds. The minimum absolute atomic E-state index is 0.0168. The van der Waals surface area contributed by atoms with Gasteiger partial charge in [-0.05, 0) is 34.5 Å². The highest BCUT2D eigenvalue weighted by Crippen LogP contribution is 2.42. The number of rotatable bonds is 0. The van der Waals surface area contributed by atoms with Gasteiger partial charge in [-0.2, -0.15) is 0 Å². The van der Waals surface area contributed by atoms with Crippen molar-refractivity contribution in [2.45, 2.75) is 6.92 Å². The first kappa shape index (κ1) is 10.9. The van der Waals surface area contributed by atoms with Gasteiger partial charge in [-0.15, -0.1) is 0 Å². The highest BCUT2D eigenvalue weighted by atomic mass is 79.9. The fourth-order valence-corrected chi connectivity index (χ4v) is 3.38. The van der Waals surface area contributed by atoms with E-state index in [0.29, 0.717) is 16.9 Å². The summed E-state index contributed by atoms with van der Waals surface area (Å²) in [6.45, 7) is 1.96. The molecule has 0 radical (unpaired) electrons. The summed E-state index contributed by atoms with van der Waals surface area (Å²) in [4.78, 5) is 12.6. The summed E-state index contributed by atoms with van der Waals surface area (Å²) in [5, 5.41) is 4.93. The van der Waals surface area contributed by atoms with Crippen molar-refractivity contribution in [3.8, 4) is 11.3 Å². The molecule has 19 heavy (non-hydrogen) atoms. The maximum Gasteiger partial charge on any atom is 0.195 e. The Bertz CT molecular complexity index is 864. The van der Waals surface area contributed by atoms with Crippen LogP contribution in [-0.4, -0.2) is 10.9 Å². The van der Waals surface area contributed by atoms with Gasteiger partial charge in [0.2, 0.25) is 0 Å². The molecule has 4 rings (SSSR count). The number of carbonyl (C=O) groups excluding carboxylic acids is 1. The number of ketones is 1. The van der Waals surface area contributed by atoms with Crippen LogP contribution in [0.25, 0.3) is 22.2 Å². The maximum absolute atomic E-state index is 12.6.